The molecule has 102 valence electrons. The zero-order chi connectivity index (χ0) is 13.2. The molecule has 4 nitrogen and oxygen atoms in total. The molecule has 0 saturated heterocycles. The van der Waals surface area contributed by atoms with Crippen LogP contribution in [0.1, 0.15) is 19.8 Å². The maximum absolute atomic E-state index is 9.65. The molecular formula is C14H23NO3. The molecule has 4 heteroatoms. The van der Waals surface area contributed by atoms with E-state index in [-0.39, 0.29) is 6.61 Å². The standard InChI is InChI=1S/C14H23NO3/c1-3-4-9-17-10-13(16)11-18-14-7-5-12(15-2)6-8-14/h5-8,13,15-16H,3-4,9-11H2,1-2H3. The van der Waals surface area contributed by atoms with Gasteiger partial charge in [0, 0.05) is 19.3 Å². The monoisotopic (exact) mass is 253 g/mol. The highest BCUT2D eigenvalue weighted by Gasteiger charge is 2.05. The van der Waals surface area contributed by atoms with Crippen molar-refractivity contribution in [3.05, 3.63) is 24.3 Å². The highest BCUT2D eigenvalue weighted by Crippen LogP contribution is 2.15. The number of anilines is 1. The van der Waals surface area contributed by atoms with E-state index in [9.17, 15) is 5.11 Å². The third kappa shape index (κ3) is 5.89. The maximum Gasteiger partial charge on any atom is 0.119 e. The molecule has 0 aliphatic heterocycles. The Bertz CT molecular complexity index is 313. The Labute approximate surface area is 109 Å². The summed E-state index contributed by atoms with van der Waals surface area (Å²) in [7, 11) is 1.87. The second-order valence-corrected chi connectivity index (χ2v) is 4.17. The summed E-state index contributed by atoms with van der Waals surface area (Å²) in [6.45, 7) is 3.39. The highest BCUT2D eigenvalue weighted by atomic mass is 16.5. The van der Waals surface area contributed by atoms with Crippen LogP contribution in [0.5, 0.6) is 5.75 Å². The number of nitrogens with one attached hydrogen (secondary N) is 1. The van der Waals surface area contributed by atoms with Crippen LogP contribution in [0.2, 0.25) is 0 Å². The summed E-state index contributed by atoms with van der Waals surface area (Å²) >= 11 is 0. The molecular weight excluding hydrogens is 230 g/mol. The van der Waals surface area contributed by atoms with Gasteiger partial charge in [0.15, 0.2) is 0 Å². The number of ether oxygens (including phenoxy) is 2. The normalized spacial score (nSPS) is 12.2. The predicted octanol–water partition coefficient (Wildman–Crippen LogP) is 2.28. The number of aliphatic hydroxyl groups excluding tert-OH is 1. The van der Waals surface area contributed by atoms with E-state index in [1.807, 2.05) is 31.3 Å². The minimum Gasteiger partial charge on any atom is -0.491 e. The van der Waals surface area contributed by atoms with E-state index in [4.69, 9.17) is 9.47 Å². The molecule has 0 saturated carbocycles. The molecule has 0 amide bonds. The van der Waals surface area contributed by atoms with Crippen molar-refractivity contribution in [3.8, 4) is 5.75 Å². The zero-order valence-electron chi connectivity index (χ0n) is 11.2. The largest absolute Gasteiger partial charge is 0.491 e. The van der Waals surface area contributed by atoms with Gasteiger partial charge in [-0.15, -0.1) is 0 Å². The van der Waals surface area contributed by atoms with Gasteiger partial charge < -0.3 is 19.9 Å². The topological polar surface area (TPSA) is 50.7 Å². The number of rotatable bonds is 9. The SMILES string of the molecule is CCCCOCC(O)COc1ccc(NC)cc1. The minimum absolute atomic E-state index is 0.255. The highest BCUT2D eigenvalue weighted by molar-refractivity contribution is 5.45. The quantitative estimate of drug-likeness (QED) is 0.663. The third-order valence-corrected chi connectivity index (χ3v) is 2.54. The van der Waals surface area contributed by atoms with E-state index in [1.165, 1.54) is 0 Å². The summed E-state index contributed by atoms with van der Waals surface area (Å²) in [5.41, 5.74) is 1.03. The van der Waals surface area contributed by atoms with Crippen molar-refractivity contribution < 1.29 is 14.6 Å². The first-order chi connectivity index (χ1) is 8.76. The predicted molar refractivity (Wildman–Crippen MR) is 73.2 cm³/mol. The Hall–Kier alpha value is -1.26. The number of unbranched alkanes of at least 4 members (excludes halogenated alkanes) is 1. The van der Waals surface area contributed by atoms with Gasteiger partial charge in [-0.2, -0.15) is 0 Å². The summed E-state index contributed by atoms with van der Waals surface area (Å²) in [6.07, 6.45) is 1.55. The van der Waals surface area contributed by atoms with Gasteiger partial charge in [-0.25, -0.2) is 0 Å². The minimum atomic E-state index is -0.578. The average molecular weight is 253 g/mol. The first-order valence-electron chi connectivity index (χ1n) is 6.42. The molecule has 1 atom stereocenters. The van der Waals surface area contributed by atoms with Gasteiger partial charge >= 0.3 is 0 Å². The fourth-order valence-corrected chi connectivity index (χ4v) is 1.42. The van der Waals surface area contributed by atoms with Gasteiger partial charge in [0.05, 0.1) is 6.61 Å². The molecule has 18 heavy (non-hydrogen) atoms. The molecule has 0 fully saturated rings. The lowest BCUT2D eigenvalue weighted by molar-refractivity contribution is 0.0113. The van der Waals surface area contributed by atoms with Gasteiger partial charge in [-0.3, -0.25) is 0 Å². The van der Waals surface area contributed by atoms with Gasteiger partial charge in [-0.05, 0) is 30.7 Å². The van der Waals surface area contributed by atoms with E-state index in [2.05, 4.69) is 12.2 Å². The smallest absolute Gasteiger partial charge is 0.119 e. The van der Waals surface area contributed by atoms with Gasteiger partial charge in [0.25, 0.3) is 0 Å². The lowest BCUT2D eigenvalue weighted by Crippen LogP contribution is -2.23. The van der Waals surface area contributed by atoms with Crippen molar-refractivity contribution in [2.24, 2.45) is 0 Å². The van der Waals surface area contributed by atoms with Crippen LogP contribution >= 0.6 is 0 Å². The number of hydrogen-bond acceptors (Lipinski definition) is 4. The molecule has 1 aromatic rings. The molecule has 2 N–H and O–H groups in total. The average Bonchev–Trinajstić information content (AvgIpc) is 2.42. The molecule has 0 bridgehead atoms. The van der Waals surface area contributed by atoms with Crippen molar-refractivity contribution in [2.75, 3.05) is 32.2 Å². The van der Waals surface area contributed by atoms with E-state index in [0.29, 0.717) is 13.2 Å². The van der Waals surface area contributed by atoms with Crippen LogP contribution in [-0.2, 0) is 4.74 Å². The van der Waals surface area contributed by atoms with E-state index < -0.39 is 6.10 Å². The van der Waals surface area contributed by atoms with Crippen LogP contribution in [0.15, 0.2) is 24.3 Å². The fourth-order valence-electron chi connectivity index (χ4n) is 1.42. The van der Waals surface area contributed by atoms with E-state index in [0.717, 1.165) is 24.3 Å². The summed E-state index contributed by atoms with van der Waals surface area (Å²) in [6, 6.07) is 7.60. The van der Waals surface area contributed by atoms with Gasteiger partial charge in [0.2, 0.25) is 0 Å². The Morgan fingerprint density at radius 2 is 1.94 bits per heavy atom. The molecule has 0 heterocycles. The summed E-state index contributed by atoms with van der Waals surface area (Å²) < 4.78 is 10.8. The maximum atomic E-state index is 9.65. The van der Waals surface area contributed by atoms with Crippen LogP contribution in [0.25, 0.3) is 0 Å². The summed E-state index contributed by atoms with van der Waals surface area (Å²) in [5.74, 6) is 0.751. The van der Waals surface area contributed by atoms with Crippen molar-refractivity contribution in [2.45, 2.75) is 25.9 Å². The van der Waals surface area contributed by atoms with Crippen LogP contribution in [0.3, 0.4) is 0 Å². The van der Waals surface area contributed by atoms with Crippen LogP contribution < -0.4 is 10.1 Å². The van der Waals surface area contributed by atoms with Gasteiger partial charge in [0.1, 0.15) is 18.5 Å². The van der Waals surface area contributed by atoms with Crippen molar-refractivity contribution in [1.29, 1.82) is 0 Å². The van der Waals surface area contributed by atoms with Crippen molar-refractivity contribution in [3.63, 3.8) is 0 Å². The van der Waals surface area contributed by atoms with Crippen LogP contribution in [0.4, 0.5) is 5.69 Å². The number of aliphatic hydroxyl groups is 1. The lowest BCUT2D eigenvalue weighted by atomic mass is 10.3. The van der Waals surface area contributed by atoms with Crippen LogP contribution in [-0.4, -0.2) is 38.1 Å². The van der Waals surface area contributed by atoms with Gasteiger partial charge in [-0.1, -0.05) is 13.3 Å². The van der Waals surface area contributed by atoms with Crippen molar-refractivity contribution in [1.82, 2.24) is 0 Å². The second-order valence-electron chi connectivity index (χ2n) is 4.17. The van der Waals surface area contributed by atoms with E-state index >= 15 is 0 Å². The first-order valence-corrected chi connectivity index (χ1v) is 6.42. The Kier molecular flexibility index (Phi) is 7.22. The third-order valence-electron chi connectivity index (χ3n) is 2.54. The van der Waals surface area contributed by atoms with E-state index in [1.54, 1.807) is 0 Å². The fraction of sp³-hybridized carbons (Fsp3) is 0.571. The number of hydrogen-bond donors (Lipinski definition) is 2. The molecule has 0 aromatic heterocycles. The summed E-state index contributed by atoms with van der Waals surface area (Å²) in [5, 5.41) is 12.7. The molecule has 0 aliphatic rings. The van der Waals surface area contributed by atoms with Crippen molar-refractivity contribution >= 4 is 5.69 Å². The molecule has 1 rings (SSSR count). The molecule has 0 radical (unpaired) electrons. The molecule has 1 aromatic carbocycles. The number of benzene rings is 1. The molecule has 0 aliphatic carbocycles. The Balaban J connectivity index is 2.18. The van der Waals surface area contributed by atoms with Crippen LogP contribution in [0, 0.1) is 0 Å². The summed E-state index contributed by atoms with van der Waals surface area (Å²) in [4.78, 5) is 0. The first kappa shape index (κ1) is 14.8. The molecule has 1 unspecified atom stereocenters. The lowest BCUT2D eigenvalue weighted by Gasteiger charge is -2.13. The zero-order valence-corrected chi connectivity index (χ0v) is 11.2. The Morgan fingerprint density at radius 1 is 1.22 bits per heavy atom. The second kappa shape index (κ2) is 8.78. The molecule has 0 spiro atoms. The Morgan fingerprint density at radius 3 is 2.56 bits per heavy atom.